The van der Waals surface area contributed by atoms with E-state index < -0.39 is 10.0 Å². The quantitative estimate of drug-likeness (QED) is 0.908. The zero-order chi connectivity index (χ0) is 13.6. The molecule has 18 heavy (non-hydrogen) atoms. The molecule has 7 heteroatoms. The van der Waals surface area contributed by atoms with Gasteiger partial charge in [0, 0.05) is 24.5 Å². The molecular weight excluding hydrogens is 336 g/mol. The van der Waals surface area contributed by atoms with E-state index in [4.69, 9.17) is 5.73 Å². The summed E-state index contributed by atoms with van der Waals surface area (Å²) in [6.07, 6.45) is 0.901. The van der Waals surface area contributed by atoms with E-state index in [1.165, 1.54) is 11.3 Å². The van der Waals surface area contributed by atoms with Gasteiger partial charge < -0.3 is 5.73 Å². The van der Waals surface area contributed by atoms with Crippen LogP contribution in [-0.2, 0) is 16.6 Å². The first kappa shape index (κ1) is 14.5. The Morgan fingerprint density at radius 3 is 2.67 bits per heavy atom. The maximum atomic E-state index is 12.5. The third-order valence-electron chi connectivity index (χ3n) is 3.17. The van der Waals surface area contributed by atoms with Crippen molar-refractivity contribution in [2.24, 2.45) is 11.1 Å². The Hall–Kier alpha value is 0.0500. The van der Waals surface area contributed by atoms with Crippen LogP contribution in [-0.4, -0.2) is 25.8 Å². The molecule has 0 amide bonds. The van der Waals surface area contributed by atoms with Crippen molar-refractivity contribution in [3.8, 4) is 0 Å². The van der Waals surface area contributed by atoms with Gasteiger partial charge in [0.15, 0.2) is 0 Å². The second-order valence-corrected chi connectivity index (χ2v) is 9.67. The second-order valence-electron chi connectivity index (χ2n) is 5.31. The van der Waals surface area contributed by atoms with E-state index >= 15 is 0 Å². The van der Waals surface area contributed by atoms with E-state index in [0.29, 0.717) is 28.3 Å². The Kier molecular flexibility index (Phi) is 3.91. The van der Waals surface area contributed by atoms with Gasteiger partial charge in [-0.05, 0) is 33.8 Å². The number of thiophene rings is 1. The van der Waals surface area contributed by atoms with Gasteiger partial charge in [-0.2, -0.15) is 4.31 Å². The van der Waals surface area contributed by atoms with E-state index in [1.54, 1.807) is 10.4 Å². The Bertz CT molecular complexity index is 551. The fraction of sp³-hybridized carbons (Fsp3) is 0.636. The number of hydrogen-bond donors (Lipinski definition) is 1. The molecule has 0 radical (unpaired) electrons. The molecule has 4 nitrogen and oxygen atoms in total. The number of sulfonamides is 1. The average Bonchev–Trinajstić information content (AvgIpc) is 2.82. The van der Waals surface area contributed by atoms with Crippen LogP contribution >= 0.6 is 27.3 Å². The Morgan fingerprint density at radius 2 is 2.22 bits per heavy atom. The van der Waals surface area contributed by atoms with Crippen LogP contribution in [0.1, 0.15) is 25.1 Å². The standard InChI is InChI=1S/C11H17BrN2O2S2/c1-11(2)3-4-14(7-11)18(15,16)9-5-8(6-13)17-10(9)12/h5H,3-4,6-7,13H2,1-2H3. The van der Waals surface area contributed by atoms with E-state index in [0.717, 1.165) is 11.3 Å². The summed E-state index contributed by atoms with van der Waals surface area (Å²) in [7, 11) is -3.39. The molecule has 1 aliphatic heterocycles. The lowest BCUT2D eigenvalue weighted by Crippen LogP contribution is -2.30. The van der Waals surface area contributed by atoms with Crippen molar-refractivity contribution in [2.45, 2.75) is 31.7 Å². The minimum Gasteiger partial charge on any atom is -0.326 e. The summed E-state index contributed by atoms with van der Waals surface area (Å²) in [5, 5.41) is 0. The first-order valence-corrected chi connectivity index (χ1v) is 8.80. The third-order valence-corrected chi connectivity index (χ3v) is 7.29. The molecule has 0 atom stereocenters. The topological polar surface area (TPSA) is 63.4 Å². The van der Waals surface area contributed by atoms with E-state index in [1.807, 2.05) is 0 Å². The molecule has 2 N–H and O–H groups in total. The molecule has 0 aromatic carbocycles. The highest BCUT2D eigenvalue weighted by Crippen LogP contribution is 2.37. The molecule has 0 aliphatic carbocycles. The van der Waals surface area contributed by atoms with Crippen LogP contribution in [0.5, 0.6) is 0 Å². The summed E-state index contributed by atoms with van der Waals surface area (Å²) in [5.74, 6) is 0. The molecule has 0 saturated carbocycles. The molecule has 2 rings (SSSR count). The van der Waals surface area contributed by atoms with Crippen LogP contribution in [0.15, 0.2) is 14.7 Å². The third kappa shape index (κ3) is 2.65. The van der Waals surface area contributed by atoms with Gasteiger partial charge in [-0.25, -0.2) is 8.42 Å². The largest absolute Gasteiger partial charge is 0.326 e. The number of nitrogens with two attached hydrogens (primary N) is 1. The van der Waals surface area contributed by atoms with Gasteiger partial charge in [-0.3, -0.25) is 0 Å². The normalized spacial score (nSPS) is 20.4. The van der Waals surface area contributed by atoms with Crippen molar-refractivity contribution in [2.75, 3.05) is 13.1 Å². The molecule has 1 aromatic rings. The van der Waals surface area contributed by atoms with Crippen LogP contribution < -0.4 is 5.73 Å². The molecule has 1 aromatic heterocycles. The second kappa shape index (κ2) is 4.86. The molecular formula is C11H17BrN2O2S2. The lowest BCUT2D eigenvalue weighted by atomic mass is 9.93. The maximum Gasteiger partial charge on any atom is 0.245 e. The van der Waals surface area contributed by atoms with Crippen molar-refractivity contribution in [1.29, 1.82) is 0 Å². The van der Waals surface area contributed by atoms with Crippen molar-refractivity contribution in [1.82, 2.24) is 4.31 Å². The van der Waals surface area contributed by atoms with Crippen LogP contribution in [0.25, 0.3) is 0 Å². The van der Waals surface area contributed by atoms with Crippen LogP contribution in [0.2, 0.25) is 0 Å². The van der Waals surface area contributed by atoms with Crippen molar-refractivity contribution >= 4 is 37.3 Å². The zero-order valence-corrected chi connectivity index (χ0v) is 13.7. The minimum absolute atomic E-state index is 0.0618. The highest BCUT2D eigenvalue weighted by Gasteiger charge is 2.38. The molecule has 1 saturated heterocycles. The van der Waals surface area contributed by atoms with Crippen LogP contribution in [0, 0.1) is 5.41 Å². The van der Waals surface area contributed by atoms with Crippen LogP contribution in [0.4, 0.5) is 0 Å². The predicted molar refractivity (Wildman–Crippen MR) is 77.1 cm³/mol. The predicted octanol–water partition coefficient (Wildman–Crippen LogP) is 2.39. The van der Waals surface area contributed by atoms with Gasteiger partial charge >= 0.3 is 0 Å². The van der Waals surface area contributed by atoms with E-state index in [2.05, 4.69) is 29.8 Å². The molecule has 0 unspecified atom stereocenters. The average molecular weight is 353 g/mol. The molecule has 1 fully saturated rings. The Labute approximate surface area is 120 Å². The summed E-state index contributed by atoms with van der Waals surface area (Å²) < 4.78 is 27.3. The highest BCUT2D eigenvalue weighted by atomic mass is 79.9. The monoisotopic (exact) mass is 352 g/mol. The van der Waals surface area contributed by atoms with Gasteiger partial charge in [-0.1, -0.05) is 13.8 Å². The maximum absolute atomic E-state index is 12.5. The van der Waals surface area contributed by atoms with Crippen molar-refractivity contribution in [3.05, 3.63) is 14.7 Å². The SMILES string of the molecule is CC1(C)CCN(S(=O)(=O)c2cc(CN)sc2Br)C1. The molecule has 1 aliphatic rings. The Morgan fingerprint density at radius 1 is 1.56 bits per heavy atom. The van der Waals surface area contributed by atoms with E-state index in [9.17, 15) is 8.42 Å². The number of nitrogens with zero attached hydrogens (tertiary/aromatic N) is 1. The molecule has 0 spiro atoms. The van der Waals surface area contributed by atoms with Gasteiger partial charge in [0.2, 0.25) is 10.0 Å². The lowest BCUT2D eigenvalue weighted by Gasteiger charge is -2.19. The van der Waals surface area contributed by atoms with Gasteiger partial charge in [0.1, 0.15) is 4.90 Å². The number of hydrogen-bond acceptors (Lipinski definition) is 4. The van der Waals surface area contributed by atoms with Gasteiger partial charge in [0.25, 0.3) is 0 Å². The van der Waals surface area contributed by atoms with Crippen LogP contribution in [0.3, 0.4) is 0 Å². The van der Waals surface area contributed by atoms with Gasteiger partial charge in [0.05, 0.1) is 3.79 Å². The fourth-order valence-electron chi connectivity index (χ4n) is 2.08. The first-order chi connectivity index (χ1) is 8.26. The first-order valence-electron chi connectivity index (χ1n) is 5.75. The number of rotatable bonds is 3. The molecule has 0 bridgehead atoms. The summed E-state index contributed by atoms with van der Waals surface area (Å²) in [4.78, 5) is 1.23. The molecule has 102 valence electrons. The molecule has 2 heterocycles. The summed E-state index contributed by atoms with van der Waals surface area (Å²) in [5.41, 5.74) is 5.61. The number of halogens is 1. The minimum atomic E-state index is -3.39. The Balaban J connectivity index is 2.34. The summed E-state index contributed by atoms with van der Waals surface area (Å²) >= 11 is 4.71. The zero-order valence-electron chi connectivity index (χ0n) is 10.4. The highest BCUT2D eigenvalue weighted by molar-refractivity contribution is 9.11. The smallest absolute Gasteiger partial charge is 0.245 e. The van der Waals surface area contributed by atoms with Gasteiger partial charge in [-0.15, -0.1) is 11.3 Å². The van der Waals surface area contributed by atoms with Crippen molar-refractivity contribution < 1.29 is 8.42 Å². The van der Waals surface area contributed by atoms with E-state index in [-0.39, 0.29) is 5.41 Å². The lowest BCUT2D eigenvalue weighted by molar-refractivity contribution is 0.375. The fourth-order valence-corrected chi connectivity index (χ4v) is 6.22. The van der Waals surface area contributed by atoms with Crippen molar-refractivity contribution in [3.63, 3.8) is 0 Å². The summed E-state index contributed by atoms with van der Waals surface area (Å²) in [6, 6.07) is 1.68. The summed E-state index contributed by atoms with van der Waals surface area (Å²) in [6.45, 7) is 5.72.